The van der Waals surface area contributed by atoms with Gasteiger partial charge in [0.2, 0.25) is 0 Å². The average Bonchev–Trinajstić information content (AvgIpc) is 3.04. The van der Waals surface area contributed by atoms with E-state index in [4.69, 9.17) is 0 Å². The SMILES string of the molecule is CC1(C)CCCC(C)(C)[N+]1(C)CC(C(C(=O)[O-])(C(C(=O)[O-])(C(=O)[O-])C(=O)[O-])[N+]1(C)C(C)(C)CCCC1(C)C)([N+]1(C)C(C)(C)CCCC1(C)C)[N+]1(C)C(C)(C)CCCC1(C)C. The number of carbonyl (C=O) groups excluding carboxylic acids is 4. The maximum atomic E-state index is 16.4. The second-order valence-corrected chi connectivity index (χ2v) is 25.7. The van der Waals surface area contributed by atoms with Crippen LogP contribution in [0.3, 0.4) is 0 Å². The van der Waals surface area contributed by atoms with Gasteiger partial charge < -0.3 is 44.1 Å². The van der Waals surface area contributed by atoms with Crippen LogP contribution >= 0.6 is 0 Å². The van der Waals surface area contributed by atoms with Crippen molar-refractivity contribution in [2.45, 2.75) is 243 Å². The van der Waals surface area contributed by atoms with Crippen LogP contribution in [0.25, 0.3) is 0 Å². The zero-order valence-corrected chi connectivity index (χ0v) is 41.7. The molecule has 4 aliphatic heterocycles. The molecule has 0 N–H and O–H groups in total. The van der Waals surface area contributed by atoms with Crippen molar-refractivity contribution in [2.24, 2.45) is 5.41 Å². The van der Waals surface area contributed by atoms with E-state index >= 15 is 9.90 Å². The van der Waals surface area contributed by atoms with Crippen molar-refractivity contribution in [2.75, 3.05) is 34.7 Å². The molecule has 60 heavy (non-hydrogen) atoms. The van der Waals surface area contributed by atoms with E-state index < -0.39 is 89.3 Å². The molecular formula is C48H86N4O8. The standard InChI is InChI=1S/C48H86N4O8/c1-38(2)25-21-26-39(3,4)49(38,17)33-46(50(18)40(5,6)27-22-28-41(50,7)8,51(19)42(9,10)29-23-30-43(51,11)12)48(37(59)60,47(34(53)54,35(55)56)36(57)58)52(20)44(13,14)31-24-32-45(52,15)16/h21-33H2,1-20H3. The molecule has 0 spiro atoms. The lowest BCUT2D eigenvalue weighted by Gasteiger charge is -2.84. The van der Waals surface area contributed by atoms with Crippen LogP contribution in [0.4, 0.5) is 0 Å². The largest absolute Gasteiger partial charge is 0.548 e. The third kappa shape index (κ3) is 5.34. The lowest BCUT2D eigenvalue weighted by Crippen LogP contribution is -3.09. The summed E-state index contributed by atoms with van der Waals surface area (Å²) >= 11 is 0. The van der Waals surface area contributed by atoms with E-state index in [1.165, 1.54) is 0 Å². The van der Waals surface area contributed by atoms with Crippen LogP contribution in [0.1, 0.15) is 188 Å². The molecule has 0 bridgehead atoms. The van der Waals surface area contributed by atoms with Crippen molar-refractivity contribution in [1.29, 1.82) is 0 Å². The second-order valence-electron chi connectivity index (χ2n) is 25.7. The Labute approximate surface area is 364 Å². The molecule has 4 aliphatic rings. The fourth-order valence-corrected chi connectivity index (χ4v) is 16.3. The summed E-state index contributed by atoms with van der Waals surface area (Å²) in [6.45, 7) is 32.7. The molecule has 0 aromatic heterocycles. The number of carbonyl (C=O) groups is 4. The second kappa shape index (κ2) is 13.9. The lowest BCUT2D eigenvalue weighted by atomic mass is 9.49. The van der Waals surface area contributed by atoms with Gasteiger partial charge in [0, 0.05) is 51.4 Å². The van der Waals surface area contributed by atoms with Crippen LogP contribution in [0.5, 0.6) is 0 Å². The van der Waals surface area contributed by atoms with Crippen LogP contribution in [0.15, 0.2) is 0 Å². The molecular weight excluding hydrogens is 761 g/mol. The summed E-state index contributed by atoms with van der Waals surface area (Å²) in [6, 6.07) is 0. The fraction of sp³-hybridized carbons (Fsp3) is 0.917. The number of piperidine rings is 4. The predicted octanol–water partition coefficient (Wildman–Crippen LogP) is 3.16. The first-order valence-corrected chi connectivity index (χ1v) is 22.9. The van der Waals surface area contributed by atoms with Gasteiger partial charge in [-0.15, -0.1) is 0 Å². The number of aliphatic carboxylic acids is 4. The molecule has 4 rings (SSSR count). The Bertz CT molecular complexity index is 1630. The Hall–Kier alpha value is -2.28. The Morgan fingerprint density at radius 2 is 0.600 bits per heavy atom. The van der Waals surface area contributed by atoms with Gasteiger partial charge in [-0.25, -0.2) is 0 Å². The van der Waals surface area contributed by atoms with Gasteiger partial charge in [0.15, 0.2) is 12.0 Å². The Kier molecular flexibility index (Phi) is 11.6. The zero-order valence-electron chi connectivity index (χ0n) is 41.7. The highest BCUT2D eigenvalue weighted by Gasteiger charge is 2.97. The first-order valence-electron chi connectivity index (χ1n) is 22.9. The molecule has 346 valence electrons. The van der Waals surface area contributed by atoms with E-state index in [1.54, 1.807) is 7.05 Å². The minimum absolute atomic E-state index is 0.122. The molecule has 4 saturated heterocycles. The molecule has 0 saturated carbocycles. The molecule has 12 heteroatoms. The highest BCUT2D eigenvalue weighted by Crippen LogP contribution is 2.71. The summed E-state index contributed by atoms with van der Waals surface area (Å²) in [5.74, 6) is -9.74. The molecule has 0 radical (unpaired) electrons. The molecule has 0 amide bonds. The molecule has 1 unspecified atom stereocenters. The zero-order chi connectivity index (χ0) is 47.0. The molecule has 0 aliphatic carbocycles. The quantitative estimate of drug-likeness (QED) is 0.227. The van der Waals surface area contributed by atoms with E-state index in [2.05, 4.69) is 90.1 Å². The summed E-state index contributed by atoms with van der Waals surface area (Å²) in [6.07, 6.45) is 7.47. The number of hydrogen-bond donors (Lipinski definition) is 0. The van der Waals surface area contributed by atoms with E-state index in [1.807, 2.05) is 41.8 Å². The molecule has 4 fully saturated rings. The Morgan fingerprint density at radius 1 is 0.383 bits per heavy atom. The summed E-state index contributed by atoms with van der Waals surface area (Å²) in [5.41, 5.74) is -17.4. The number of carboxylic acid groups (broad SMARTS) is 4. The highest BCUT2D eigenvalue weighted by molar-refractivity contribution is 6.19. The van der Waals surface area contributed by atoms with Crippen molar-refractivity contribution in [1.82, 2.24) is 0 Å². The van der Waals surface area contributed by atoms with Crippen LogP contribution in [0, 0.1) is 5.41 Å². The lowest BCUT2D eigenvalue weighted by molar-refractivity contribution is -1.27. The topological polar surface area (TPSA) is 161 Å². The van der Waals surface area contributed by atoms with Gasteiger partial charge >= 0.3 is 5.66 Å². The smallest absolute Gasteiger partial charge is 0.339 e. The number of nitrogens with zero attached hydrogens (tertiary/aromatic N) is 4. The maximum Gasteiger partial charge on any atom is 0.339 e. The van der Waals surface area contributed by atoms with Crippen molar-refractivity contribution >= 4 is 23.9 Å². The normalized spacial score (nSPS) is 29.9. The molecule has 4 heterocycles. The van der Waals surface area contributed by atoms with Crippen molar-refractivity contribution in [3.63, 3.8) is 0 Å². The third-order valence-corrected chi connectivity index (χ3v) is 21.3. The number of rotatable bonds is 11. The number of likely N-dealkylation sites (tertiary alicyclic amines) is 4. The van der Waals surface area contributed by atoms with Crippen LogP contribution < -0.4 is 20.4 Å². The number of likely N-dealkylation sites (N-methyl/N-ethyl adjacent to an activating group) is 4. The van der Waals surface area contributed by atoms with E-state index in [9.17, 15) is 29.7 Å². The van der Waals surface area contributed by atoms with Crippen LogP contribution in [-0.4, -0.2) is 132 Å². The summed E-state index contributed by atoms with van der Waals surface area (Å²) in [5, 5.41) is 61.0. The predicted molar refractivity (Wildman–Crippen MR) is 226 cm³/mol. The molecule has 1 atom stereocenters. The van der Waals surface area contributed by atoms with E-state index in [-0.39, 0.29) is 20.0 Å². The van der Waals surface area contributed by atoms with Crippen molar-refractivity contribution in [3.05, 3.63) is 0 Å². The van der Waals surface area contributed by atoms with Gasteiger partial charge in [-0.1, -0.05) is 0 Å². The average molecular weight is 847 g/mol. The number of carboxylic acids is 4. The van der Waals surface area contributed by atoms with Gasteiger partial charge in [0.1, 0.15) is 5.97 Å². The molecule has 12 nitrogen and oxygen atoms in total. The van der Waals surface area contributed by atoms with Crippen LogP contribution in [-0.2, 0) is 19.2 Å². The van der Waals surface area contributed by atoms with Gasteiger partial charge in [-0.2, -0.15) is 0 Å². The summed E-state index contributed by atoms with van der Waals surface area (Å²) < 4.78 is -1.02. The minimum Gasteiger partial charge on any atom is -0.548 e. The maximum absolute atomic E-state index is 16.4. The number of hydrogen-bond acceptors (Lipinski definition) is 8. The highest BCUT2D eigenvalue weighted by atomic mass is 16.4. The number of quaternary nitrogens is 4. The molecule has 0 aromatic carbocycles. The fourth-order valence-electron chi connectivity index (χ4n) is 16.3. The van der Waals surface area contributed by atoms with Crippen LogP contribution in [0.2, 0.25) is 0 Å². The monoisotopic (exact) mass is 847 g/mol. The Balaban J connectivity index is 2.84. The van der Waals surface area contributed by atoms with Gasteiger partial charge in [-0.3, -0.25) is 13.4 Å². The van der Waals surface area contributed by atoms with Gasteiger partial charge in [-0.05, 0) is 136 Å². The van der Waals surface area contributed by atoms with Crippen molar-refractivity contribution < 1.29 is 57.5 Å². The minimum atomic E-state index is -4.30. The first-order chi connectivity index (χ1) is 26.6. The first kappa shape index (κ1) is 50.4. The van der Waals surface area contributed by atoms with Crippen molar-refractivity contribution in [3.8, 4) is 0 Å². The Morgan fingerprint density at radius 3 is 0.817 bits per heavy atom. The third-order valence-electron chi connectivity index (χ3n) is 21.3. The molecule has 0 aromatic rings. The summed E-state index contributed by atoms with van der Waals surface area (Å²) in [7, 11) is 7.83. The van der Waals surface area contributed by atoms with Gasteiger partial charge in [0.25, 0.3) is 5.54 Å². The van der Waals surface area contributed by atoms with E-state index in [0.717, 1.165) is 32.1 Å². The van der Waals surface area contributed by atoms with Gasteiger partial charge in [0.05, 0.1) is 90.4 Å². The van der Waals surface area contributed by atoms with E-state index in [0.29, 0.717) is 44.9 Å². The summed E-state index contributed by atoms with van der Waals surface area (Å²) in [4.78, 5) is 61.0.